The summed E-state index contributed by atoms with van der Waals surface area (Å²) in [7, 11) is -4.22. The zero-order valence-corrected chi connectivity index (χ0v) is 11.5. The second-order valence-corrected chi connectivity index (χ2v) is 6.23. The average molecular weight is 316 g/mol. The molecule has 10 heteroatoms. The normalized spacial score (nSPS) is 22.1. The van der Waals surface area contributed by atoms with Crippen LogP contribution in [-0.4, -0.2) is 43.2 Å². The Kier molecular flexibility index (Phi) is 3.94. The van der Waals surface area contributed by atoms with Crippen molar-refractivity contribution >= 4 is 21.7 Å². The molecule has 1 heterocycles. The van der Waals surface area contributed by atoms with Gasteiger partial charge in [0.25, 0.3) is 5.69 Å². The van der Waals surface area contributed by atoms with Crippen LogP contribution in [0.25, 0.3) is 0 Å². The lowest BCUT2D eigenvalue weighted by molar-refractivity contribution is -0.385. The molecule has 0 saturated carbocycles. The Bertz CT molecular complexity index is 680. The maximum atomic E-state index is 12.2. The van der Waals surface area contributed by atoms with Gasteiger partial charge in [-0.15, -0.1) is 0 Å². The van der Waals surface area contributed by atoms with Gasteiger partial charge >= 0.3 is 5.97 Å². The summed E-state index contributed by atoms with van der Waals surface area (Å²) >= 11 is 0. The predicted molar refractivity (Wildman–Crippen MR) is 69.2 cm³/mol. The maximum absolute atomic E-state index is 12.2. The van der Waals surface area contributed by atoms with Crippen LogP contribution in [0, 0.1) is 10.1 Å². The minimum atomic E-state index is -4.22. The summed E-state index contributed by atoms with van der Waals surface area (Å²) in [6.45, 7) is -0.180. The third kappa shape index (κ3) is 3.01. The highest BCUT2D eigenvalue weighted by Crippen LogP contribution is 2.24. The number of ether oxygens (including phenoxy) is 1. The Balaban J connectivity index is 2.36. The van der Waals surface area contributed by atoms with Gasteiger partial charge in [-0.1, -0.05) is 6.07 Å². The van der Waals surface area contributed by atoms with E-state index in [2.05, 4.69) is 4.72 Å². The zero-order valence-electron chi connectivity index (χ0n) is 10.7. The van der Waals surface area contributed by atoms with E-state index in [-0.39, 0.29) is 24.5 Å². The largest absolute Gasteiger partial charge is 0.480 e. The third-order valence-corrected chi connectivity index (χ3v) is 4.63. The molecule has 0 spiro atoms. The van der Waals surface area contributed by atoms with Gasteiger partial charge in [0, 0.05) is 25.2 Å². The minimum absolute atomic E-state index is 0.0174. The van der Waals surface area contributed by atoms with Gasteiger partial charge in [-0.3, -0.25) is 14.9 Å². The fourth-order valence-electron chi connectivity index (χ4n) is 1.94. The van der Waals surface area contributed by atoms with Crippen LogP contribution in [0.4, 0.5) is 5.69 Å². The van der Waals surface area contributed by atoms with Crippen molar-refractivity contribution in [3.63, 3.8) is 0 Å². The molecule has 1 atom stereocenters. The molecule has 1 aromatic carbocycles. The topological polar surface area (TPSA) is 136 Å². The Morgan fingerprint density at radius 2 is 2.19 bits per heavy atom. The first-order valence-electron chi connectivity index (χ1n) is 5.86. The van der Waals surface area contributed by atoms with E-state index in [1.807, 2.05) is 0 Å². The van der Waals surface area contributed by atoms with E-state index in [1.54, 1.807) is 0 Å². The van der Waals surface area contributed by atoms with E-state index in [0.29, 0.717) is 0 Å². The molecular formula is C11H12N2O7S. The molecule has 0 amide bonds. The lowest BCUT2D eigenvalue weighted by atomic mass is 10.0. The third-order valence-electron chi connectivity index (χ3n) is 3.10. The van der Waals surface area contributed by atoms with Gasteiger partial charge in [-0.25, -0.2) is 8.42 Å². The lowest BCUT2D eigenvalue weighted by Gasteiger charge is -2.23. The highest BCUT2D eigenvalue weighted by atomic mass is 32.2. The van der Waals surface area contributed by atoms with Crippen molar-refractivity contribution in [2.24, 2.45) is 0 Å². The van der Waals surface area contributed by atoms with Gasteiger partial charge in [0.1, 0.15) is 0 Å². The van der Waals surface area contributed by atoms with E-state index in [0.717, 1.165) is 18.2 Å². The van der Waals surface area contributed by atoms with Crippen molar-refractivity contribution in [1.29, 1.82) is 0 Å². The predicted octanol–water partition coefficient (Wildman–Crippen LogP) is 0.117. The molecule has 9 nitrogen and oxygen atoms in total. The summed E-state index contributed by atoms with van der Waals surface area (Å²) in [5.41, 5.74) is -2.14. The number of carboxylic acid groups (broad SMARTS) is 1. The first-order chi connectivity index (χ1) is 9.77. The van der Waals surface area contributed by atoms with E-state index in [9.17, 15) is 28.4 Å². The number of rotatable bonds is 5. The standard InChI is InChI=1S/C11H12N2O7S/c14-10(15)11(4-5-20-7-11)12-21(18,19)9-3-1-2-8(6-9)13(16)17/h1-3,6,12H,4-5,7H2,(H,14,15). The second-order valence-electron chi connectivity index (χ2n) is 4.55. The smallest absolute Gasteiger partial charge is 0.327 e. The summed E-state index contributed by atoms with van der Waals surface area (Å²) in [5.74, 6) is -1.35. The van der Waals surface area contributed by atoms with E-state index >= 15 is 0 Å². The van der Waals surface area contributed by atoms with Gasteiger partial charge in [0.2, 0.25) is 10.0 Å². The number of carboxylic acids is 1. The number of hydrogen-bond acceptors (Lipinski definition) is 6. The number of non-ortho nitro benzene ring substituents is 1. The van der Waals surface area contributed by atoms with Gasteiger partial charge in [-0.2, -0.15) is 4.72 Å². The van der Waals surface area contributed by atoms with Crippen LogP contribution >= 0.6 is 0 Å². The Morgan fingerprint density at radius 1 is 1.48 bits per heavy atom. The fraction of sp³-hybridized carbons (Fsp3) is 0.364. The second kappa shape index (κ2) is 5.39. The molecule has 1 fully saturated rings. The summed E-state index contributed by atoms with van der Waals surface area (Å²) < 4.78 is 31.5. The molecule has 2 rings (SSSR count). The van der Waals surface area contributed by atoms with Gasteiger partial charge < -0.3 is 9.84 Å². The quantitative estimate of drug-likeness (QED) is 0.581. The molecular weight excluding hydrogens is 304 g/mol. The number of nitro benzene ring substituents is 1. The van der Waals surface area contributed by atoms with E-state index in [4.69, 9.17) is 4.74 Å². The van der Waals surface area contributed by atoms with Crippen molar-refractivity contribution < 1.29 is 28.0 Å². The van der Waals surface area contributed by atoms with Crippen LogP contribution in [-0.2, 0) is 19.6 Å². The molecule has 1 aromatic rings. The average Bonchev–Trinajstić information content (AvgIpc) is 2.88. The molecule has 2 N–H and O–H groups in total. The Morgan fingerprint density at radius 3 is 2.71 bits per heavy atom. The highest BCUT2D eigenvalue weighted by Gasteiger charge is 2.46. The molecule has 21 heavy (non-hydrogen) atoms. The van der Waals surface area contributed by atoms with Gasteiger partial charge in [-0.05, 0) is 6.07 Å². The van der Waals surface area contributed by atoms with Crippen molar-refractivity contribution in [2.45, 2.75) is 16.9 Å². The summed E-state index contributed by atoms with van der Waals surface area (Å²) in [5, 5.41) is 19.9. The number of hydrogen-bond donors (Lipinski definition) is 2. The number of nitrogens with one attached hydrogen (secondary N) is 1. The summed E-state index contributed by atoms with van der Waals surface area (Å²) in [6.07, 6.45) is -0.0174. The molecule has 1 unspecified atom stereocenters. The van der Waals surface area contributed by atoms with Crippen molar-refractivity contribution in [3.8, 4) is 0 Å². The minimum Gasteiger partial charge on any atom is -0.480 e. The first-order valence-corrected chi connectivity index (χ1v) is 7.35. The number of carbonyl (C=O) groups is 1. The summed E-state index contributed by atoms with van der Waals surface area (Å²) in [4.78, 5) is 20.9. The zero-order chi connectivity index (χ0) is 15.7. The van der Waals surface area contributed by atoms with E-state index in [1.165, 1.54) is 6.07 Å². The highest BCUT2D eigenvalue weighted by molar-refractivity contribution is 7.89. The molecule has 0 aromatic heterocycles. The molecule has 1 aliphatic rings. The monoisotopic (exact) mass is 316 g/mol. The van der Waals surface area contributed by atoms with Crippen LogP contribution in [0.5, 0.6) is 0 Å². The lowest BCUT2D eigenvalue weighted by Crippen LogP contribution is -2.54. The van der Waals surface area contributed by atoms with Crippen molar-refractivity contribution in [1.82, 2.24) is 4.72 Å². The molecule has 0 aliphatic carbocycles. The fourth-order valence-corrected chi connectivity index (χ4v) is 3.35. The number of benzene rings is 1. The van der Waals surface area contributed by atoms with Crippen LogP contribution in [0.3, 0.4) is 0 Å². The number of nitrogens with zero attached hydrogens (tertiary/aromatic N) is 1. The molecule has 1 saturated heterocycles. The molecule has 1 aliphatic heterocycles. The molecule has 0 radical (unpaired) electrons. The van der Waals surface area contributed by atoms with Crippen molar-refractivity contribution in [3.05, 3.63) is 34.4 Å². The number of nitro groups is 1. The Labute approximate surface area is 119 Å². The van der Waals surface area contributed by atoms with Crippen LogP contribution in [0.2, 0.25) is 0 Å². The van der Waals surface area contributed by atoms with Gasteiger partial charge in [0.15, 0.2) is 5.54 Å². The van der Waals surface area contributed by atoms with Crippen LogP contribution < -0.4 is 4.72 Å². The Hall–Kier alpha value is -2.04. The number of aliphatic carboxylic acids is 1. The van der Waals surface area contributed by atoms with E-state index < -0.39 is 32.1 Å². The van der Waals surface area contributed by atoms with Gasteiger partial charge in [0.05, 0.1) is 16.4 Å². The SMILES string of the molecule is O=C(O)C1(NS(=O)(=O)c2cccc([N+](=O)[O-])c2)CCOC1. The van der Waals surface area contributed by atoms with Crippen LogP contribution in [0.1, 0.15) is 6.42 Å². The first kappa shape index (κ1) is 15.4. The summed E-state index contributed by atoms with van der Waals surface area (Å²) in [6, 6.07) is 4.38. The maximum Gasteiger partial charge on any atom is 0.327 e. The van der Waals surface area contributed by atoms with Crippen molar-refractivity contribution in [2.75, 3.05) is 13.2 Å². The molecule has 0 bridgehead atoms. The molecule has 114 valence electrons. The number of sulfonamides is 1. The van der Waals surface area contributed by atoms with Crippen LogP contribution in [0.15, 0.2) is 29.2 Å².